The van der Waals surface area contributed by atoms with Crippen LogP contribution < -0.4 is 0 Å². The minimum atomic E-state index is 0.636. The fraction of sp³-hybridized carbons (Fsp3) is 0.706. The number of pyridine rings is 1. The highest BCUT2D eigenvalue weighted by Crippen LogP contribution is 2.58. The molecule has 0 radical (unpaired) electrons. The first kappa shape index (κ1) is 12.4. The van der Waals surface area contributed by atoms with Crippen LogP contribution in [0.2, 0.25) is 0 Å². The maximum absolute atomic E-state index is 4.50. The molecule has 1 atom stereocenters. The second-order valence-corrected chi connectivity index (χ2v) is 8.23. The number of rotatable bonds is 3. The van der Waals surface area contributed by atoms with Crippen molar-refractivity contribution < 1.29 is 0 Å². The highest BCUT2D eigenvalue weighted by Gasteiger charge is 2.49. The van der Waals surface area contributed by atoms with Crippen molar-refractivity contribution in [1.29, 1.82) is 0 Å². The summed E-state index contributed by atoms with van der Waals surface area (Å²) in [6, 6.07) is 6.29. The van der Waals surface area contributed by atoms with Crippen molar-refractivity contribution in [1.82, 2.24) is 4.98 Å². The predicted octanol–water partition coefficient (Wildman–Crippen LogP) is 4.46. The molecule has 4 fully saturated rings. The Morgan fingerprint density at radius 1 is 1.05 bits per heavy atom. The number of nitrogens with zero attached hydrogens (tertiary/aromatic N) is 1. The van der Waals surface area contributed by atoms with Gasteiger partial charge >= 0.3 is 0 Å². The first-order valence-electron chi connectivity index (χ1n) is 7.83. The van der Waals surface area contributed by atoms with Crippen molar-refractivity contribution in [2.75, 3.05) is 0 Å². The summed E-state index contributed by atoms with van der Waals surface area (Å²) in [4.78, 5) is 5.14. The molecule has 1 nitrogen and oxygen atoms in total. The van der Waals surface area contributed by atoms with Crippen molar-refractivity contribution in [2.45, 2.75) is 43.4 Å². The van der Waals surface area contributed by atoms with Crippen LogP contribution in [0.1, 0.15) is 37.8 Å². The Morgan fingerprint density at radius 2 is 1.74 bits per heavy atom. The van der Waals surface area contributed by atoms with Gasteiger partial charge in [0.1, 0.15) is 0 Å². The quantitative estimate of drug-likeness (QED) is 0.749. The number of halogens is 1. The molecule has 4 bridgehead atoms. The molecule has 1 aromatic rings. The van der Waals surface area contributed by atoms with E-state index in [0.29, 0.717) is 4.83 Å². The zero-order valence-corrected chi connectivity index (χ0v) is 12.9. The van der Waals surface area contributed by atoms with Crippen LogP contribution in [0.5, 0.6) is 0 Å². The minimum Gasteiger partial charge on any atom is -0.261 e. The van der Waals surface area contributed by atoms with Gasteiger partial charge in [-0.1, -0.05) is 22.0 Å². The van der Waals surface area contributed by atoms with Gasteiger partial charge in [-0.25, -0.2) is 0 Å². The van der Waals surface area contributed by atoms with E-state index in [1.54, 1.807) is 6.42 Å². The Labute approximate surface area is 124 Å². The summed E-state index contributed by atoms with van der Waals surface area (Å²) in [5, 5.41) is 0. The molecule has 0 aliphatic heterocycles. The fourth-order valence-corrected chi connectivity index (χ4v) is 6.61. The van der Waals surface area contributed by atoms with Gasteiger partial charge in [0.2, 0.25) is 0 Å². The third-order valence-electron chi connectivity index (χ3n) is 5.85. The van der Waals surface area contributed by atoms with Gasteiger partial charge in [-0.3, -0.25) is 4.98 Å². The lowest BCUT2D eigenvalue weighted by Crippen LogP contribution is -2.48. The van der Waals surface area contributed by atoms with Gasteiger partial charge < -0.3 is 0 Å². The van der Waals surface area contributed by atoms with Crippen molar-refractivity contribution in [3.8, 4) is 0 Å². The van der Waals surface area contributed by atoms with Crippen LogP contribution in [0.25, 0.3) is 0 Å². The van der Waals surface area contributed by atoms with Gasteiger partial charge in [0.25, 0.3) is 0 Å². The molecule has 1 heterocycles. The van der Waals surface area contributed by atoms with Crippen LogP contribution in [0.15, 0.2) is 24.4 Å². The number of aromatic nitrogens is 1. The second kappa shape index (κ2) is 4.87. The standard InChI is InChI=1S/C17H22BrN/c18-16(10-15-3-1-2-4-19-15)17-13-6-11-5-12(8-13)9-14(17)7-11/h1-4,11-14,16-17H,5-10H2. The molecule has 4 aliphatic carbocycles. The highest BCUT2D eigenvalue weighted by molar-refractivity contribution is 9.09. The molecule has 0 saturated heterocycles. The van der Waals surface area contributed by atoms with Gasteiger partial charge in [0.15, 0.2) is 0 Å². The lowest BCUT2D eigenvalue weighted by atomic mass is 9.51. The molecule has 4 aliphatic rings. The largest absolute Gasteiger partial charge is 0.261 e. The topological polar surface area (TPSA) is 12.9 Å². The van der Waals surface area contributed by atoms with E-state index in [2.05, 4.69) is 33.0 Å². The van der Waals surface area contributed by atoms with Crippen LogP contribution >= 0.6 is 15.9 Å². The van der Waals surface area contributed by atoms with Crippen LogP contribution in [0.3, 0.4) is 0 Å². The van der Waals surface area contributed by atoms with Crippen molar-refractivity contribution in [3.63, 3.8) is 0 Å². The number of hydrogen-bond acceptors (Lipinski definition) is 1. The maximum Gasteiger partial charge on any atom is 0.0414 e. The Bertz CT molecular complexity index is 416. The van der Waals surface area contributed by atoms with Crippen LogP contribution in [-0.2, 0) is 6.42 Å². The summed E-state index contributed by atoms with van der Waals surface area (Å²) in [7, 11) is 0. The van der Waals surface area contributed by atoms with Crippen LogP contribution in [0, 0.1) is 29.6 Å². The molecule has 102 valence electrons. The molecular formula is C17H22BrN. The molecule has 1 unspecified atom stereocenters. The number of hydrogen-bond donors (Lipinski definition) is 0. The summed E-state index contributed by atoms with van der Waals surface area (Å²) >= 11 is 4.03. The van der Waals surface area contributed by atoms with E-state index in [4.69, 9.17) is 0 Å². The molecule has 0 N–H and O–H groups in total. The predicted molar refractivity (Wildman–Crippen MR) is 81.2 cm³/mol. The third kappa shape index (κ3) is 2.26. The second-order valence-electron chi connectivity index (χ2n) is 7.05. The number of alkyl halides is 1. The molecule has 0 aromatic carbocycles. The highest BCUT2D eigenvalue weighted by atomic mass is 79.9. The molecule has 1 aromatic heterocycles. The van der Waals surface area contributed by atoms with Crippen molar-refractivity contribution >= 4 is 15.9 Å². The van der Waals surface area contributed by atoms with Gasteiger partial charge in [-0.15, -0.1) is 0 Å². The van der Waals surface area contributed by atoms with Crippen LogP contribution in [-0.4, -0.2) is 9.81 Å². The molecule has 19 heavy (non-hydrogen) atoms. The molecule has 5 rings (SSSR count). The Balaban J connectivity index is 1.50. The fourth-order valence-electron chi connectivity index (χ4n) is 5.41. The van der Waals surface area contributed by atoms with Crippen molar-refractivity contribution in [2.24, 2.45) is 29.6 Å². The van der Waals surface area contributed by atoms with E-state index in [0.717, 1.165) is 36.0 Å². The summed E-state index contributed by atoms with van der Waals surface area (Å²) in [6.45, 7) is 0. The third-order valence-corrected chi connectivity index (χ3v) is 6.78. The van der Waals surface area contributed by atoms with E-state index >= 15 is 0 Å². The lowest BCUT2D eigenvalue weighted by Gasteiger charge is -2.55. The Kier molecular flexibility index (Phi) is 3.17. The van der Waals surface area contributed by atoms with E-state index in [1.165, 1.54) is 31.4 Å². The summed E-state index contributed by atoms with van der Waals surface area (Å²) < 4.78 is 0. The minimum absolute atomic E-state index is 0.636. The van der Waals surface area contributed by atoms with Crippen LogP contribution in [0.4, 0.5) is 0 Å². The summed E-state index contributed by atoms with van der Waals surface area (Å²) in [5.74, 6) is 5.07. The zero-order chi connectivity index (χ0) is 12.8. The maximum atomic E-state index is 4.50. The average Bonchev–Trinajstić information content (AvgIpc) is 2.38. The van der Waals surface area contributed by atoms with Crippen molar-refractivity contribution in [3.05, 3.63) is 30.1 Å². The van der Waals surface area contributed by atoms with E-state index < -0.39 is 0 Å². The normalized spacial score (nSPS) is 41.4. The van der Waals surface area contributed by atoms with E-state index in [9.17, 15) is 0 Å². The van der Waals surface area contributed by atoms with Gasteiger partial charge in [0, 0.05) is 23.1 Å². The molecular weight excluding hydrogens is 298 g/mol. The molecule has 0 amide bonds. The Hall–Kier alpha value is -0.370. The van der Waals surface area contributed by atoms with Gasteiger partial charge in [-0.2, -0.15) is 0 Å². The van der Waals surface area contributed by atoms with Gasteiger partial charge in [-0.05, 0) is 73.8 Å². The summed E-state index contributed by atoms with van der Waals surface area (Å²) in [6.07, 6.45) is 10.6. The summed E-state index contributed by atoms with van der Waals surface area (Å²) in [5.41, 5.74) is 1.25. The smallest absolute Gasteiger partial charge is 0.0414 e. The zero-order valence-electron chi connectivity index (χ0n) is 11.3. The van der Waals surface area contributed by atoms with Gasteiger partial charge in [0.05, 0.1) is 0 Å². The first-order chi connectivity index (χ1) is 9.29. The van der Waals surface area contributed by atoms with E-state index in [-0.39, 0.29) is 0 Å². The molecule has 2 heteroatoms. The Morgan fingerprint density at radius 3 is 2.32 bits per heavy atom. The lowest BCUT2D eigenvalue weighted by molar-refractivity contribution is -0.0361. The SMILES string of the molecule is BrC(Cc1ccccn1)C1C2CC3CC(C2)CC1C3. The molecule has 0 spiro atoms. The molecule has 4 saturated carbocycles. The van der Waals surface area contributed by atoms with E-state index in [1.807, 2.05) is 12.3 Å². The average molecular weight is 320 g/mol. The first-order valence-corrected chi connectivity index (χ1v) is 8.75. The monoisotopic (exact) mass is 319 g/mol.